The Kier molecular flexibility index (Phi) is 8.05. The van der Waals surface area contributed by atoms with Crippen molar-refractivity contribution in [2.45, 2.75) is 0 Å². The maximum atomic E-state index is 12.6. The topological polar surface area (TPSA) is 80.2 Å². The number of ether oxygens (including phenoxy) is 2. The molecule has 7 nitrogen and oxygen atoms in total. The highest BCUT2D eigenvalue weighted by atomic mass is 16.5. The van der Waals surface area contributed by atoms with Crippen LogP contribution in [0.15, 0.2) is 48.5 Å². The molecule has 2 aromatic carbocycles. The van der Waals surface area contributed by atoms with Crippen LogP contribution >= 0.6 is 0 Å². The molecule has 162 valence electrons. The van der Waals surface area contributed by atoms with Crippen molar-refractivity contribution in [1.29, 1.82) is 5.26 Å². The summed E-state index contributed by atoms with van der Waals surface area (Å²) in [5, 5.41) is 12.3. The van der Waals surface area contributed by atoms with Gasteiger partial charge in [-0.15, -0.1) is 0 Å². The van der Waals surface area contributed by atoms with Gasteiger partial charge in [0.1, 0.15) is 32.2 Å². The van der Waals surface area contributed by atoms with Crippen LogP contribution in [0, 0.1) is 11.3 Å². The van der Waals surface area contributed by atoms with Crippen LogP contribution in [-0.4, -0.2) is 59.4 Å². The van der Waals surface area contributed by atoms with Gasteiger partial charge >= 0.3 is 0 Å². The first-order valence-electron chi connectivity index (χ1n) is 10.5. The minimum absolute atomic E-state index is 0.105. The predicted octanol–water partition coefficient (Wildman–Crippen LogP) is 0.0108. The van der Waals surface area contributed by atoms with Crippen molar-refractivity contribution in [3.8, 4) is 17.6 Å². The molecule has 3 rings (SSSR count). The Hall–Kier alpha value is -3.34. The second-order valence-electron chi connectivity index (χ2n) is 7.61. The van der Waals surface area contributed by atoms with Crippen molar-refractivity contribution in [1.82, 2.24) is 0 Å². The van der Waals surface area contributed by atoms with Gasteiger partial charge in [-0.25, -0.2) is 0 Å². The fourth-order valence-electron chi connectivity index (χ4n) is 3.76. The summed E-state index contributed by atoms with van der Waals surface area (Å²) < 4.78 is 10.5. The lowest BCUT2D eigenvalue weighted by atomic mass is 10.1. The largest absolute Gasteiger partial charge is 0.493 e. The van der Waals surface area contributed by atoms with Crippen LogP contribution in [0.25, 0.3) is 6.08 Å². The van der Waals surface area contributed by atoms with E-state index in [0.717, 1.165) is 32.7 Å². The monoisotopic (exact) mass is 422 g/mol. The first kappa shape index (κ1) is 22.3. The Morgan fingerprint density at radius 3 is 2.35 bits per heavy atom. The number of nitriles is 1. The van der Waals surface area contributed by atoms with Crippen LogP contribution in [0.2, 0.25) is 0 Å². The average Bonchev–Trinajstić information content (AvgIpc) is 2.80. The van der Waals surface area contributed by atoms with Crippen LogP contribution < -0.4 is 24.6 Å². The van der Waals surface area contributed by atoms with Gasteiger partial charge in [-0.05, 0) is 11.6 Å². The minimum atomic E-state index is -0.105. The number of piperazine rings is 1. The molecule has 0 spiro atoms. The van der Waals surface area contributed by atoms with Crippen LogP contribution in [0.3, 0.4) is 0 Å². The highest BCUT2D eigenvalue weighted by molar-refractivity contribution is 5.93. The number of anilines is 1. The lowest BCUT2D eigenvalue weighted by molar-refractivity contribution is -1.01. The molecule has 1 aliphatic rings. The zero-order valence-corrected chi connectivity index (χ0v) is 18.1. The first-order chi connectivity index (χ1) is 15.1. The number of hydrogen-bond acceptors (Lipinski definition) is 4. The molecule has 0 radical (unpaired) electrons. The predicted molar refractivity (Wildman–Crippen MR) is 119 cm³/mol. The van der Waals surface area contributed by atoms with Crippen molar-refractivity contribution in [2.75, 3.05) is 58.8 Å². The summed E-state index contributed by atoms with van der Waals surface area (Å²) in [7, 11) is 3.04. The van der Waals surface area contributed by atoms with Crippen LogP contribution in [0.4, 0.5) is 5.69 Å². The number of hydrogen-bond donors (Lipinski definition) is 3. The molecule has 7 heteroatoms. The molecule has 1 heterocycles. The van der Waals surface area contributed by atoms with E-state index in [1.165, 1.54) is 29.6 Å². The summed E-state index contributed by atoms with van der Waals surface area (Å²) in [6, 6.07) is 15.6. The van der Waals surface area contributed by atoms with Crippen molar-refractivity contribution in [2.24, 2.45) is 0 Å². The molecule has 0 saturated carbocycles. The molecular formula is C24H30N4O3+2. The van der Waals surface area contributed by atoms with Crippen LogP contribution in [0.5, 0.6) is 11.5 Å². The summed E-state index contributed by atoms with van der Waals surface area (Å²) in [6.45, 7) is 5.32. The number of carbonyl (C=O) groups is 1. The Bertz CT molecular complexity index is 945. The molecule has 0 aromatic heterocycles. The summed E-state index contributed by atoms with van der Waals surface area (Å²) in [5.74, 6) is 0.833. The van der Waals surface area contributed by atoms with Gasteiger partial charge in [-0.1, -0.05) is 36.4 Å². The first-order valence-corrected chi connectivity index (χ1v) is 10.5. The SMILES string of the molecule is COc1cc(C#N)c(NC(=O)C[NH+]2CC[NH+](C/C=C/c3ccccc3)CC2)cc1OC. The Labute approximate surface area is 183 Å². The van der Waals surface area contributed by atoms with E-state index >= 15 is 0 Å². The molecule has 31 heavy (non-hydrogen) atoms. The Balaban J connectivity index is 1.48. The molecule has 1 aliphatic heterocycles. The van der Waals surface area contributed by atoms with E-state index in [-0.39, 0.29) is 5.91 Å². The lowest BCUT2D eigenvalue weighted by Gasteiger charge is -2.28. The number of rotatable bonds is 8. The zero-order chi connectivity index (χ0) is 22.1. The fourth-order valence-corrected chi connectivity index (χ4v) is 3.76. The second-order valence-corrected chi connectivity index (χ2v) is 7.61. The lowest BCUT2D eigenvalue weighted by Crippen LogP contribution is -3.28. The molecule has 0 atom stereocenters. The number of benzene rings is 2. The second kappa shape index (κ2) is 11.2. The van der Waals surface area contributed by atoms with E-state index in [1.807, 2.05) is 18.2 Å². The van der Waals surface area contributed by atoms with Crippen molar-refractivity contribution in [3.63, 3.8) is 0 Å². The number of nitrogens with one attached hydrogen (secondary N) is 3. The smallest absolute Gasteiger partial charge is 0.279 e. The number of methoxy groups -OCH3 is 2. The van der Waals surface area contributed by atoms with Crippen molar-refractivity contribution >= 4 is 17.7 Å². The molecular weight excluding hydrogens is 392 g/mol. The number of quaternary nitrogens is 2. The maximum Gasteiger partial charge on any atom is 0.279 e. The van der Waals surface area contributed by atoms with Gasteiger partial charge in [0, 0.05) is 12.1 Å². The third-order valence-electron chi connectivity index (χ3n) is 5.51. The Morgan fingerprint density at radius 1 is 1.06 bits per heavy atom. The molecule has 2 aromatic rings. The van der Waals surface area contributed by atoms with Crippen molar-refractivity contribution < 1.29 is 24.1 Å². The summed E-state index contributed by atoms with van der Waals surface area (Å²) >= 11 is 0. The van der Waals surface area contributed by atoms with E-state index < -0.39 is 0 Å². The zero-order valence-electron chi connectivity index (χ0n) is 18.1. The molecule has 1 saturated heterocycles. The van der Waals surface area contributed by atoms with Gasteiger partial charge in [0.15, 0.2) is 18.0 Å². The quantitative estimate of drug-likeness (QED) is 0.560. The molecule has 0 aliphatic carbocycles. The number of nitrogens with zero attached hydrogens (tertiary/aromatic N) is 1. The van der Waals surface area contributed by atoms with E-state index in [9.17, 15) is 10.1 Å². The molecule has 0 bridgehead atoms. The number of amides is 1. The van der Waals surface area contributed by atoms with Crippen LogP contribution in [-0.2, 0) is 4.79 Å². The summed E-state index contributed by atoms with van der Waals surface area (Å²) in [4.78, 5) is 15.4. The molecule has 3 N–H and O–H groups in total. The highest BCUT2D eigenvalue weighted by Gasteiger charge is 2.24. The third kappa shape index (κ3) is 6.32. The van der Waals surface area contributed by atoms with Crippen LogP contribution in [0.1, 0.15) is 11.1 Å². The molecule has 1 fully saturated rings. The Morgan fingerprint density at radius 2 is 1.71 bits per heavy atom. The summed E-state index contributed by atoms with van der Waals surface area (Å²) in [5.41, 5.74) is 2.01. The van der Waals surface area contributed by atoms with Crippen molar-refractivity contribution in [3.05, 3.63) is 59.7 Å². The van der Waals surface area contributed by atoms with Gasteiger partial charge in [0.2, 0.25) is 0 Å². The van der Waals surface area contributed by atoms with Gasteiger partial charge in [-0.2, -0.15) is 5.26 Å². The summed E-state index contributed by atoms with van der Waals surface area (Å²) in [6.07, 6.45) is 4.39. The van der Waals surface area contributed by atoms with E-state index in [4.69, 9.17) is 9.47 Å². The number of carbonyl (C=O) groups excluding carboxylic acids is 1. The van der Waals surface area contributed by atoms with Gasteiger partial charge in [-0.3, -0.25) is 4.79 Å². The van der Waals surface area contributed by atoms with Gasteiger partial charge in [0.25, 0.3) is 5.91 Å². The molecule has 0 unspecified atom stereocenters. The third-order valence-corrected chi connectivity index (χ3v) is 5.51. The van der Waals surface area contributed by atoms with Gasteiger partial charge < -0.3 is 24.6 Å². The highest BCUT2D eigenvalue weighted by Crippen LogP contribution is 2.32. The standard InChI is InChI=1S/C24H28N4O3/c1-30-22-15-20(17-25)21(16-23(22)31-2)26-24(29)18-28-13-11-27(12-14-28)10-6-9-19-7-4-3-5-8-19/h3-9,15-16H,10-14,18H2,1-2H3,(H,26,29)/p+2/b9-6+. The van der Waals surface area contributed by atoms with E-state index in [0.29, 0.717) is 29.3 Å². The minimum Gasteiger partial charge on any atom is -0.493 e. The maximum absolute atomic E-state index is 12.6. The fraction of sp³-hybridized carbons (Fsp3) is 0.333. The van der Waals surface area contributed by atoms with Gasteiger partial charge in [0.05, 0.1) is 32.0 Å². The normalized spacial score (nSPS) is 18.4. The van der Waals surface area contributed by atoms with E-state index in [1.54, 1.807) is 12.1 Å². The van der Waals surface area contributed by atoms with E-state index in [2.05, 4.69) is 35.7 Å². The molecule has 1 amide bonds. The average molecular weight is 423 g/mol.